The van der Waals surface area contributed by atoms with Crippen LogP contribution < -0.4 is 5.56 Å². The van der Waals surface area contributed by atoms with E-state index in [1.165, 1.54) is 6.07 Å². The third kappa shape index (κ3) is 1.68. The van der Waals surface area contributed by atoms with E-state index in [2.05, 4.69) is 9.97 Å². The molecule has 0 bridgehead atoms. The van der Waals surface area contributed by atoms with E-state index in [1.54, 1.807) is 25.3 Å². The van der Waals surface area contributed by atoms with Crippen LogP contribution in [0, 0.1) is 10.1 Å². The van der Waals surface area contributed by atoms with Crippen LogP contribution in [0.4, 0.5) is 5.69 Å². The van der Waals surface area contributed by atoms with Gasteiger partial charge in [0, 0.05) is 28.6 Å². The molecule has 0 spiro atoms. The van der Waals surface area contributed by atoms with Crippen LogP contribution in [-0.2, 0) is 9.47 Å². The molecule has 8 nitrogen and oxygen atoms in total. The van der Waals surface area contributed by atoms with Gasteiger partial charge in [-0.15, -0.1) is 0 Å². The topological polar surface area (TPSA) is 110 Å². The summed E-state index contributed by atoms with van der Waals surface area (Å²) in [6.45, 7) is 1.76. The second-order valence-corrected chi connectivity index (χ2v) is 5.08. The van der Waals surface area contributed by atoms with Gasteiger partial charge in [0.15, 0.2) is 12.6 Å². The lowest BCUT2D eigenvalue weighted by Crippen LogP contribution is -2.31. The summed E-state index contributed by atoms with van der Waals surface area (Å²) in [4.78, 5) is 28.3. The lowest BCUT2D eigenvalue weighted by Gasteiger charge is -2.33. The molecule has 1 aliphatic heterocycles. The second kappa shape index (κ2) is 4.39. The van der Waals surface area contributed by atoms with E-state index in [9.17, 15) is 14.9 Å². The van der Waals surface area contributed by atoms with Crippen molar-refractivity contribution in [2.75, 3.05) is 0 Å². The maximum Gasteiger partial charge on any atom is 0.293 e. The van der Waals surface area contributed by atoms with E-state index < -0.39 is 16.8 Å². The third-order valence-electron chi connectivity index (χ3n) is 3.77. The fourth-order valence-electron chi connectivity index (χ4n) is 2.81. The number of para-hydroxylation sites is 1. The average Bonchev–Trinajstić information content (AvgIpc) is 2.88. The van der Waals surface area contributed by atoms with E-state index >= 15 is 0 Å². The van der Waals surface area contributed by atoms with Gasteiger partial charge in [0.05, 0.1) is 4.92 Å². The summed E-state index contributed by atoms with van der Waals surface area (Å²) in [5, 5.41) is 12.3. The molecule has 8 heteroatoms. The molecule has 0 atom stereocenters. The number of nitrogens with zero attached hydrogens (tertiary/aromatic N) is 1. The van der Waals surface area contributed by atoms with Gasteiger partial charge < -0.3 is 19.4 Å². The standard InChI is InChI=1S/C14H11N3O5/c1-6-21-14(22-6)8-5-15-12-10(8)7-3-2-4-9(17(19)20)11(7)16-13(12)18/h2-6,14-15H,1H3,(H,16,18). The molecular weight excluding hydrogens is 290 g/mol. The highest BCUT2D eigenvalue weighted by Crippen LogP contribution is 2.38. The first-order valence-corrected chi connectivity index (χ1v) is 6.67. The number of hydrogen-bond acceptors (Lipinski definition) is 5. The van der Waals surface area contributed by atoms with Gasteiger partial charge >= 0.3 is 0 Å². The highest BCUT2D eigenvalue weighted by Gasteiger charge is 2.32. The number of pyridine rings is 1. The Balaban J connectivity index is 2.09. The predicted octanol–water partition coefficient (Wildman–Crippen LogP) is 2.31. The summed E-state index contributed by atoms with van der Waals surface area (Å²) < 4.78 is 10.9. The van der Waals surface area contributed by atoms with Crippen molar-refractivity contribution in [3.63, 3.8) is 0 Å². The molecule has 1 saturated heterocycles. The Hall–Kier alpha value is -2.71. The number of aromatic nitrogens is 2. The molecule has 1 fully saturated rings. The van der Waals surface area contributed by atoms with E-state index in [1.807, 2.05) is 0 Å². The molecule has 3 heterocycles. The lowest BCUT2D eigenvalue weighted by atomic mass is 10.1. The number of H-pyrrole nitrogens is 2. The molecule has 22 heavy (non-hydrogen) atoms. The number of rotatable bonds is 2. The Labute approximate surface area is 122 Å². The molecule has 0 aliphatic carbocycles. The van der Waals surface area contributed by atoms with Gasteiger partial charge in [-0.05, 0) is 6.92 Å². The summed E-state index contributed by atoms with van der Waals surface area (Å²) in [7, 11) is 0. The second-order valence-electron chi connectivity index (χ2n) is 5.08. The monoisotopic (exact) mass is 301 g/mol. The van der Waals surface area contributed by atoms with Crippen LogP contribution in [0.15, 0.2) is 29.2 Å². The molecule has 112 valence electrons. The molecular formula is C14H11N3O5. The van der Waals surface area contributed by atoms with Crippen LogP contribution in [0.1, 0.15) is 18.8 Å². The first kappa shape index (κ1) is 13.0. The van der Waals surface area contributed by atoms with Crippen molar-refractivity contribution in [3.05, 3.63) is 50.4 Å². The summed E-state index contributed by atoms with van der Waals surface area (Å²) in [5.41, 5.74) is 0.626. The lowest BCUT2D eigenvalue weighted by molar-refractivity contribution is -0.383. The molecule has 0 radical (unpaired) electrons. The van der Waals surface area contributed by atoms with Crippen LogP contribution >= 0.6 is 0 Å². The minimum Gasteiger partial charge on any atom is -0.356 e. The van der Waals surface area contributed by atoms with Gasteiger partial charge in [0.25, 0.3) is 11.2 Å². The Morgan fingerprint density at radius 3 is 2.73 bits per heavy atom. The minimum atomic E-state index is -0.576. The molecule has 0 unspecified atom stereocenters. The quantitative estimate of drug-likeness (QED) is 0.557. The summed E-state index contributed by atoms with van der Waals surface area (Å²) in [5.74, 6) is 0. The summed E-state index contributed by atoms with van der Waals surface area (Å²) in [6, 6.07) is 4.66. The minimum absolute atomic E-state index is 0.146. The fourth-order valence-corrected chi connectivity index (χ4v) is 2.81. The SMILES string of the molecule is CC1OC(c2c[nH]c3c(=O)[nH]c4c([N+](=O)[O-])cccc4c23)O1. The number of nitrogens with one attached hydrogen (secondary N) is 2. The van der Waals surface area contributed by atoms with Crippen LogP contribution in [-0.4, -0.2) is 21.2 Å². The first-order valence-electron chi connectivity index (χ1n) is 6.67. The van der Waals surface area contributed by atoms with Gasteiger partial charge in [-0.1, -0.05) is 12.1 Å². The summed E-state index contributed by atoms with van der Waals surface area (Å²) >= 11 is 0. The van der Waals surface area contributed by atoms with Crippen LogP contribution in [0.25, 0.3) is 21.8 Å². The Kier molecular flexibility index (Phi) is 2.59. The first-order chi connectivity index (χ1) is 10.6. The van der Waals surface area contributed by atoms with E-state index in [0.717, 1.165) is 0 Å². The highest BCUT2D eigenvalue weighted by atomic mass is 16.9. The largest absolute Gasteiger partial charge is 0.356 e. The number of nitro benzene ring substituents is 1. The number of hydrogen-bond donors (Lipinski definition) is 2. The highest BCUT2D eigenvalue weighted by molar-refractivity contribution is 6.08. The van der Waals surface area contributed by atoms with Crippen LogP contribution in [0.3, 0.4) is 0 Å². The molecule has 1 aliphatic rings. The Morgan fingerprint density at radius 1 is 1.27 bits per heavy atom. The van der Waals surface area contributed by atoms with Crippen molar-refractivity contribution < 1.29 is 14.4 Å². The molecule has 4 rings (SSSR count). The zero-order valence-corrected chi connectivity index (χ0v) is 11.5. The van der Waals surface area contributed by atoms with Gasteiger partial charge in [-0.3, -0.25) is 14.9 Å². The third-order valence-corrected chi connectivity index (χ3v) is 3.77. The van der Waals surface area contributed by atoms with Gasteiger partial charge in [0.2, 0.25) is 0 Å². The van der Waals surface area contributed by atoms with Crippen molar-refractivity contribution in [1.29, 1.82) is 0 Å². The molecule has 0 amide bonds. The van der Waals surface area contributed by atoms with E-state index in [-0.39, 0.29) is 17.5 Å². The number of aromatic amines is 2. The zero-order valence-electron chi connectivity index (χ0n) is 11.5. The maximum absolute atomic E-state index is 12.2. The molecule has 3 aromatic rings. The van der Waals surface area contributed by atoms with Crippen molar-refractivity contribution in [2.24, 2.45) is 0 Å². The van der Waals surface area contributed by atoms with Crippen molar-refractivity contribution in [3.8, 4) is 0 Å². The zero-order chi connectivity index (χ0) is 15.4. The normalized spacial score (nSPS) is 21.1. The van der Waals surface area contributed by atoms with Crippen LogP contribution in [0.5, 0.6) is 0 Å². The molecule has 0 saturated carbocycles. The molecule has 1 aromatic carbocycles. The van der Waals surface area contributed by atoms with E-state index in [4.69, 9.17) is 9.47 Å². The van der Waals surface area contributed by atoms with Crippen LogP contribution in [0.2, 0.25) is 0 Å². The molecule has 2 N–H and O–H groups in total. The van der Waals surface area contributed by atoms with Gasteiger partial charge in [0.1, 0.15) is 11.0 Å². The smallest absolute Gasteiger partial charge is 0.293 e. The van der Waals surface area contributed by atoms with Crippen molar-refractivity contribution >= 4 is 27.5 Å². The van der Waals surface area contributed by atoms with E-state index in [0.29, 0.717) is 21.9 Å². The number of ether oxygens (including phenoxy) is 2. The Morgan fingerprint density at radius 2 is 2.05 bits per heavy atom. The van der Waals surface area contributed by atoms with Gasteiger partial charge in [-0.2, -0.15) is 0 Å². The fraction of sp³-hybridized carbons (Fsp3) is 0.214. The summed E-state index contributed by atoms with van der Waals surface area (Å²) in [6.07, 6.45) is 0.750. The molecule has 2 aromatic heterocycles. The van der Waals surface area contributed by atoms with Crippen molar-refractivity contribution in [1.82, 2.24) is 9.97 Å². The number of non-ortho nitro benzene ring substituents is 1. The van der Waals surface area contributed by atoms with Gasteiger partial charge in [-0.25, -0.2) is 0 Å². The maximum atomic E-state index is 12.2. The number of benzene rings is 1. The number of nitro groups is 1. The Bertz CT molecular complexity index is 968. The number of fused-ring (bicyclic) bond motifs is 3. The van der Waals surface area contributed by atoms with Crippen molar-refractivity contribution in [2.45, 2.75) is 19.5 Å². The predicted molar refractivity (Wildman–Crippen MR) is 77.5 cm³/mol. The average molecular weight is 301 g/mol.